The molecule has 1 saturated heterocycles. The van der Waals surface area contributed by atoms with Crippen LogP contribution in [-0.2, 0) is 4.79 Å². The van der Waals surface area contributed by atoms with Gasteiger partial charge in [-0.05, 0) is 56.2 Å². The van der Waals surface area contributed by atoms with Crippen molar-refractivity contribution in [3.05, 3.63) is 65.9 Å². The van der Waals surface area contributed by atoms with E-state index in [1.165, 1.54) is 12.1 Å². The predicted octanol–water partition coefficient (Wildman–Crippen LogP) is 2.45. The van der Waals surface area contributed by atoms with Crippen LogP contribution in [0.15, 0.2) is 48.8 Å². The normalized spacial score (nSPS) is 14.9. The Morgan fingerprint density at radius 2 is 1.72 bits per heavy atom. The molecule has 0 unspecified atom stereocenters. The second kappa shape index (κ2) is 7.54. The monoisotopic (exact) mass is 395 g/mol. The van der Waals surface area contributed by atoms with Crippen LogP contribution in [0.3, 0.4) is 0 Å². The van der Waals surface area contributed by atoms with Gasteiger partial charge >= 0.3 is 0 Å². The molecule has 7 nitrogen and oxygen atoms in total. The van der Waals surface area contributed by atoms with E-state index in [1.807, 2.05) is 29.1 Å². The Bertz CT molecular complexity index is 1030. The SMILES string of the molecule is Cc1nn(-c2ccc(F)cc2)c(-n2cccc2)c1C(=O)N1CCC(C(N)=O)CC1. The van der Waals surface area contributed by atoms with Gasteiger partial charge in [-0.2, -0.15) is 5.10 Å². The van der Waals surface area contributed by atoms with Gasteiger partial charge < -0.3 is 15.2 Å². The summed E-state index contributed by atoms with van der Waals surface area (Å²) in [6.07, 6.45) is 4.80. The zero-order chi connectivity index (χ0) is 20.5. The minimum atomic E-state index is -0.339. The van der Waals surface area contributed by atoms with Crippen LogP contribution < -0.4 is 5.73 Å². The van der Waals surface area contributed by atoms with Gasteiger partial charge in [0.1, 0.15) is 11.4 Å². The summed E-state index contributed by atoms with van der Waals surface area (Å²) < 4.78 is 16.9. The largest absolute Gasteiger partial charge is 0.369 e. The number of carbonyl (C=O) groups is 2. The Labute approximate surface area is 167 Å². The smallest absolute Gasteiger partial charge is 0.259 e. The molecule has 8 heteroatoms. The maximum atomic E-state index is 13.4. The fourth-order valence-corrected chi connectivity index (χ4v) is 3.77. The van der Waals surface area contributed by atoms with Gasteiger partial charge in [-0.15, -0.1) is 0 Å². The number of aromatic nitrogens is 3. The van der Waals surface area contributed by atoms with Gasteiger partial charge in [0.15, 0.2) is 5.82 Å². The molecule has 150 valence electrons. The molecule has 1 aliphatic heterocycles. The number of carbonyl (C=O) groups excluding carboxylic acids is 2. The lowest BCUT2D eigenvalue weighted by Crippen LogP contribution is -2.42. The van der Waals surface area contributed by atoms with Crippen LogP contribution in [0.25, 0.3) is 11.5 Å². The molecular formula is C21H22FN5O2. The van der Waals surface area contributed by atoms with Crippen molar-refractivity contribution in [2.45, 2.75) is 19.8 Å². The van der Waals surface area contributed by atoms with Crippen LogP contribution in [0.2, 0.25) is 0 Å². The van der Waals surface area contributed by atoms with Crippen molar-refractivity contribution >= 4 is 11.8 Å². The molecule has 0 spiro atoms. The Morgan fingerprint density at radius 3 is 2.31 bits per heavy atom. The van der Waals surface area contributed by atoms with Gasteiger partial charge in [0.25, 0.3) is 5.91 Å². The summed E-state index contributed by atoms with van der Waals surface area (Å²) in [4.78, 5) is 26.6. The molecular weight excluding hydrogens is 373 g/mol. The second-order valence-electron chi connectivity index (χ2n) is 7.23. The fraction of sp³-hybridized carbons (Fsp3) is 0.286. The predicted molar refractivity (Wildman–Crippen MR) is 105 cm³/mol. The van der Waals surface area contributed by atoms with E-state index in [2.05, 4.69) is 5.10 Å². The maximum absolute atomic E-state index is 13.4. The molecule has 1 aliphatic rings. The minimum absolute atomic E-state index is 0.137. The van der Waals surface area contributed by atoms with Crippen LogP contribution in [0, 0.1) is 18.7 Å². The third-order valence-electron chi connectivity index (χ3n) is 5.35. The van der Waals surface area contributed by atoms with Crippen LogP contribution in [0.5, 0.6) is 0 Å². The number of halogens is 1. The quantitative estimate of drug-likeness (QED) is 0.736. The van der Waals surface area contributed by atoms with E-state index >= 15 is 0 Å². The maximum Gasteiger partial charge on any atom is 0.259 e. The molecule has 4 rings (SSSR count). The number of hydrogen-bond acceptors (Lipinski definition) is 3. The van der Waals surface area contributed by atoms with Crippen molar-refractivity contribution in [3.63, 3.8) is 0 Å². The summed E-state index contributed by atoms with van der Waals surface area (Å²) in [7, 11) is 0. The lowest BCUT2D eigenvalue weighted by atomic mass is 9.96. The molecule has 0 atom stereocenters. The molecule has 3 aromatic rings. The van der Waals surface area contributed by atoms with E-state index in [1.54, 1.807) is 28.6 Å². The lowest BCUT2D eigenvalue weighted by Gasteiger charge is -2.30. The number of aryl methyl sites for hydroxylation is 1. The van der Waals surface area contributed by atoms with Crippen molar-refractivity contribution in [1.82, 2.24) is 19.2 Å². The number of benzene rings is 1. The highest BCUT2D eigenvalue weighted by atomic mass is 19.1. The number of nitrogens with two attached hydrogens (primary N) is 1. The molecule has 3 heterocycles. The number of nitrogens with zero attached hydrogens (tertiary/aromatic N) is 4. The Hall–Kier alpha value is -3.42. The zero-order valence-corrected chi connectivity index (χ0v) is 16.1. The van der Waals surface area contributed by atoms with Crippen molar-refractivity contribution in [3.8, 4) is 11.5 Å². The summed E-state index contributed by atoms with van der Waals surface area (Å²) in [5, 5.41) is 4.58. The third kappa shape index (κ3) is 3.53. The number of likely N-dealkylation sites (tertiary alicyclic amines) is 1. The molecule has 2 N–H and O–H groups in total. The first kappa shape index (κ1) is 18.9. The Balaban J connectivity index is 1.75. The van der Waals surface area contributed by atoms with Crippen LogP contribution in [0.4, 0.5) is 4.39 Å². The molecule has 0 radical (unpaired) electrons. The lowest BCUT2D eigenvalue weighted by molar-refractivity contribution is -0.123. The van der Waals surface area contributed by atoms with E-state index in [9.17, 15) is 14.0 Å². The Morgan fingerprint density at radius 1 is 1.10 bits per heavy atom. The first-order chi connectivity index (χ1) is 14.0. The molecule has 29 heavy (non-hydrogen) atoms. The molecule has 1 fully saturated rings. The molecule has 1 aromatic carbocycles. The molecule has 2 amide bonds. The third-order valence-corrected chi connectivity index (χ3v) is 5.35. The first-order valence-corrected chi connectivity index (χ1v) is 9.53. The van der Waals surface area contributed by atoms with Gasteiger partial charge in [-0.1, -0.05) is 0 Å². The average molecular weight is 395 g/mol. The van der Waals surface area contributed by atoms with E-state index in [0.29, 0.717) is 48.7 Å². The molecule has 0 bridgehead atoms. The van der Waals surface area contributed by atoms with Crippen molar-refractivity contribution in [2.24, 2.45) is 11.7 Å². The van der Waals surface area contributed by atoms with Crippen molar-refractivity contribution < 1.29 is 14.0 Å². The molecule has 0 saturated carbocycles. The van der Waals surface area contributed by atoms with E-state index in [-0.39, 0.29) is 23.5 Å². The van der Waals surface area contributed by atoms with Crippen molar-refractivity contribution in [1.29, 1.82) is 0 Å². The van der Waals surface area contributed by atoms with Gasteiger partial charge in [-0.3, -0.25) is 9.59 Å². The number of primary amides is 1. The van der Waals surface area contributed by atoms with Gasteiger partial charge in [0.05, 0.1) is 11.4 Å². The van der Waals surface area contributed by atoms with Crippen molar-refractivity contribution in [2.75, 3.05) is 13.1 Å². The highest BCUT2D eigenvalue weighted by Gasteiger charge is 2.31. The van der Waals surface area contributed by atoms with E-state index in [0.717, 1.165) is 0 Å². The fourth-order valence-electron chi connectivity index (χ4n) is 3.77. The summed E-state index contributed by atoms with van der Waals surface area (Å²) in [6, 6.07) is 9.71. The standard InChI is InChI=1S/C21H22FN5O2/c1-14-18(21(29)26-12-8-15(9-13-26)19(23)28)20(25-10-2-3-11-25)27(24-14)17-6-4-16(22)5-7-17/h2-7,10-11,15H,8-9,12-13H2,1H3,(H2,23,28). The van der Waals surface area contributed by atoms with E-state index in [4.69, 9.17) is 5.73 Å². The average Bonchev–Trinajstić information content (AvgIpc) is 3.35. The number of amides is 2. The summed E-state index contributed by atoms with van der Waals surface area (Å²) >= 11 is 0. The van der Waals surface area contributed by atoms with Gasteiger partial charge in [0, 0.05) is 31.4 Å². The Kier molecular flexibility index (Phi) is 4.92. The topological polar surface area (TPSA) is 86.2 Å². The summed E-state index contributed by atoms with van der Waals surface area (Å²) in [6.45, 7) is 2.73. The zero-order valence-electron chi connectivity index (χ0n) is 16.1. The van der Waals surface area contributed by atoms with E-state index < -0.39 is 0 Å². The van der Waals surface area contributed by atoms with Crippen LogP contribution in [0.1, 0.15) is 28.9 Å². The molecule has 0 aliphatic carbocycles. The summed E-state index contributed by atoms with van der Waals surface area (Å²) in [5.74, 6) is -0.381. The number of rotatable bonds is 4. The number of piperidine rings is 1. The summed E-state index contributed by atoms with van der Waals surface area (Å²) in [5.41, 5.74) is 7.13. The highest BCUT2D eigenvalue weighted by Crippen LogP contribution is 2.26. The number of hydrogen-bond donors (Lipinski definition) is 1. The molecule has 2 aromatic heterocycles. The second-order valence-corrected chi connectivity index (χ2v) is 7.23. The minimum Gasteiger partial charge on any atom is -0.369 e. The van der Waals surface area contributed by atoms with Crippen LogP contribution in [-0.4, -0.2) is 44.2 Å². The first-order valence-electron chi connectivity index (χ1n) is 9.53. The van der Waals surface area contributed by atoms with Gasteiger partial charge in [0.2, 0.25) is 5.91 Å². The van der Waals surface area contributed by atoms with Gasteiger partial charge in [-0.25, -0.2) is 9.07 Å². The highest BCUT2D eigenvalue weighted by molar-refractivity contribution is 5.99. The van der Waals surface area contributed by atoms with Crippen LogP contribution >= 0.6 is 0 Å².